The van der Waals surface area contributed by atoms with Crippen LogP contribution < -0.4 is 11.3 Å². The molecule has 0 aromatic heterocycles. The number of nitro groups is 1. The predicted octanol–water partition coefficient (Wildman–Crippen LogP) is 1.69. The molecule has 0 heterocycles. The number of nitro benzene ring substituents is 1. The zero-order valence-electron chi connectivity index (χ0n) is 12.2. The van der Waals surface area contributed by atoms with Crippen molar-refractivity contribution in [3.63, 3.8) is 0 Å². The molecule has 0 aliphatic rings. The second-order valence-corrected chi connectivity index (χ2v) is 6.54. The highest BCUT2D eigenvalue weighted by atomic mass is 32.2. The van der Waals surface area contributed by atoms with E-state index < -0.39 is 20.6 Å². The normalized spacial score (nSPS) is 11.9. The fourth-order valence-corrected chi connectivity index (χ4v) is 3.76. The number of nitrogens with zero attached hydrogens (tertiary/aromatic N) is 2. The van der Waals surface area contributed by atoms with Crippen molar-refractivity contribution < 1.29 is 13.3 Å². The molecular formula is C12H20N4O4S. The van der Waals surface area contributed by atoms with Crippen LogP contribution in [0.5, 0.6) is 0 Å². The van der Waals surface area contributed by atoms with Gasteiger partial charge in [0.2, 0.25) is 10.0 Å². The van der Waals surface area contributed by atoms with Gasteiger partial charge in [-0.1, -0.05) is 13.8 Å². The number of nitrogen functional groups attached to an aromatic ring is 1. The monoisotopic (exact) mass is 316 g/mol. The molecule has 0 aliphatic heterocycles. The van der Waals surface area contributed by atoms with Crippen LogP contribution in [-0.4, -0.2) is 30.7 Å². The van der Waals surface area contributed by atoms with Crippen molar-refractivity contribution in [2.24, 2.45) is 5.84 Å². The van der Waals surface area contributed by atoms with Gasteiger partial charge < -0.3 is 5.43 Å². The number of hydrogen-bond donors (Lipinski definition) is 2. The summed E-state index contributed by atoms with van der Waals surface area (Å²) in [4.78, 5) is 10.1. The molecule has 0 radical (unpaired) electrons. The number of anilines is 1. The number of benzene rings is 1. The van der Waals surface area contributed by atoms with Gasteiger partial charge in [0.15, 0.2) is 4.90 Å². The summed E-state index contributed by atoms with van der Waals surface area (Å²) in [5, 5.41) is 11.1. The Hall–Kier alpha value is -1.71. The van der Waals surface area contributed by atoms with E-state index in [0.29, 0.717) is 12.8 Å². The standard InChI is InChI=1S/C12H20N4O4S/c1-4-10(5-2)15(3)21(19,20)12-7-6-9(14-13)8-11(12)16(17)18/h6-8,10,14H,4-5,13H2,1-3H3. The fraction of sp³-hybridized carbons (Fsp3) is 0.500. The predicted molar refractivity (Wildman–Crippen MR) is 80.2 cm³/mol. The lowest BCUT2D eigenvalue weighted by molar-refractivity contribution is -0.387. The van der Waals surface area contributed by atoms with E-state index in [4.69, 9.17) is 5.84 Å². The zero-order valence-corrected chi connectivity index (χ0v) is 13.1. The van der Waals surface area contributed by atoms with Crippen LogP contribution in [0.2, 0.25) is 0 Å². The average Bonchev–Trinajstić information content (AvgIpc) is 2.47. The molecule has 1 aromatic rings. The first-order valence-corrected chi connectivity index (χ1v) is 7.96. The summed E-state index contributed by atoms with van der Waals surface area (Å²) in [5.41, 5.74) is 2.03. The molecule has 0 aliphatic carbocycles. The molecular weight excluding hydrogens is 296 g/mol. The molecule has 0 saturated carbocycles. The van der Waals surface area contributed by atoms with Crippen molar-refractivity contribution in [2.75, 3.05) is 12.5 Å². The highest BCUT2D eigenvalue weighted by Gasteiger charge is 2.32. The van der Waals surface area contributed by atoms with Crippen LogP contribution in [0.1, 0.15) is 26.7 Å². The van der Waals surface area contributed by atoms with E-state index in [0.717, 1.165) is 6.07 Å². The Balaban J connectivity index is 3.40. The van der Waals surface area contributed by atoms with Gasteiger partial charge in [0.25, 0.3) is 5.69 Å². The molecule has 8 nitrogen and oxygen atoms in total. The van der Waals surface area contributed by atoms with E-state index in [9.17, 15) is 18.5 Å². The second kappa shape index (κ2) is 6.83. The Morgan fingerprint density at radius 2 is 1.95 bits per heavy atom. The number of hydrazine groups is 1. The number of nitrogens with one attached hydrogen (secondary N) is 1. The molecule has 0 spiro atoms. The van der Waals surface area contributed by atoms with E-state index in [-0.39, 0.29) is 16.6 Å². The Labute approximate surface area is 124 Å². The number of nitrogens with two attached hydrogens (primary N) is 1. The topological polar surface area (TPSA) is 119 Å². The molecule has 1 rings (SSSR count). The lowest BCUT2D eigenvalue weighted by Crippen LogP contribution is -2.36. The summed E-state index contributed by atoms with van der Waals surface area (Å²) >= 11 is 0. The van der Waals surface area contributed by atoms with Crippen LogP contribution in [-0.2, 0) is 10.0 Å². The third kappa shape index (κ3) is 3.49. The lowest BCUT2D eigenvalue weighted by atomic mass is 10.2. The third-order valence-corrected chi connectivity index (χ3v) is 5.39. The summed E-state index contributed by atoms with van der Waals surface area (Å²) in [6.07, 6.45) is 1.25. The Bertz CT molecular complexity index is 614. The Morgan fingerprint density at radius 3 is 2.38 bits per heavy atom. The van der Waals surface area contributed by atoms with Crippen LogP contribution in [0, 0.1) is 10.1 Å². The largest absolute Gasteiger partial charge is 0.324 e. The van der Waals surface area contributed by atoms with Gasteiger partial charge in [0.05, 0.1) is 10.6 Å². The first-order valence-electron chi connectivity index (χ1n) is 6.52. The van der Waals surface area contributed by atoms with Gasteiger partial charge in [-0.25, -0.2) is 8.42 Å². The van der Waals surface area contributed by atoms with Crippen molar-refractivity contribution in [1.82, 2.24) is 4.31 Å². The maximum Gasteiger partial charge on any atom is 0.291 e. The van der Waals surface area contributed by atoms with E-state index in [1.165, 1.54) is 23.5 Å². The average molecular weight is 316 g/mol. The van der Waals surface area contributed by atoms with Gasteiger partial charge in [-0.3, -0.25) is 16.0 Å². The van der Waals surface area contributed by atoms with Gasteiger partial charge in [-0.15, -0.1) is 0 Å². The van der Waals surface area contributed by atoms with Crippen molar-refractivity contribution in [3.8, 4) is 0 Å². The molecule has 118 valence electrons. The zero-order chi connectivity index (χ0) is 16.2. The quantitative estimate of drug-likeness (QED) is 0.449. The Kier molecular flexibility index (Phi) is 5.64. The van der Waals surface area contributed by atoms with Gasteiger partial charge in [0.1, 0.15) is 0 Å². The van der Waals surface area contributed by atoms with E-state index in [2.05, 4.69) is 5.43 Å². The van der Waals surface area contributed by atoms with Crippen molar-refractivity contribution in [3.05, 3.63) is 28.3 Å². The van der Waals surface area contributed by atoms with Gasteiger partial charge >= 0.3 is 0 Å². The lowest BCUT2D eigenvalue weighted by Gasteiger charge is -2.25. The van der Waals surface area contributed by atoms with Crippen LogP contribution in [0.25, 0.3) is 0 Å². The molecule has 21 heavy (non-hydrogen) atoms. The van der Waals surface area contributed by atoms with Gasteiger partial charge in [-0.05, 0) is 25.0 Å². The molecule has 0 saturated heterocycles. The van der Waals surface area contributed by atoms with Gasteiger partial charge in [-0.2, -0.15) is 4.31 Å². The minimum absolute atomic E-state index is 0.207. The fourth-order valence-electron chi connectivity index (χ4n) is 2.12. The van der Waals surface area contributed by atoms with Gasteiger partial charge in [0, 0.05) is 19.2 Å². The molecule has 0 atom stereocenters. The minimum Gasteiger partial charge on any atom is -0.324 e. The Morgan fingerprint density at radius 1 is 1.38 bits per heavy atom. The number of hydrogen-bond acceptors (Lipinski definition) is 6. The van der Waals surface area contributed by atoms with Crippen LogP contribution in [0.15, 0.2) is 23.1 Å². The highest BCUT2D eigenvalue weighted by Crippen LogP contribution is 2.30. The summed E-state index contributed by atoms with van der Waals surface area (Å²) < 4.78 is 26.4. The summed E-state index contributed by atoms with van der Waals surface area (Å²) in [6.45, 7) is 3.74. The molecule has 0 fully saturated rings. The first kappa shape index (κ1) is 17.3. The maximum atomic E-state index is 12.6. The SMILES string of the molecule is CCC(CC)N(C)S(=O)(=O)c1ccc(NN)cc1[N+](=O)[O-]. The number of sulfonamides is 1. The van der Waals surface area contributed by atoms with Crippen LogP contribution >= 0.6 is 0 Å². The summed E-state index contributed by atoms with van der Waals surface area (Å²) in [5.74, 6) is 5.20. The van der Waals surface area contributed by atoms with E-state index >= 15 is 0 Å². The van der Waals surface area contributed by atoms with E-state index in [1.807, 2.05) is 13.8 Å². The second-order valence-electron chi connectivity index (χ2n) is 4.58. The molecule has 9 heteroatoms. The van der Waals surface area contributed by atoms with Crippen molar-refractivity contribution >= 4 is 21.4 Å². The highest BCUT2D eigenvalue weighted by molar-refractivity contribution is 7.89. The molecule has 0 amide bonds. The van der Waals surface area contributed by atoms with Crippen molar-refractivity contribution in [1.29, 1.82) is 0 Å². The molecule has 0 bridgehead atoms. The third-order valence-electron chi connectivity index (χ3n) is 3.44. The summed E-state index contributed by atoms with van der Waals surface area (Å²) in [6, 6.07) is 3.48. The molecule has 1 aromatic carbocycles. The molecule has 0 unspecified atom stereocenters. The maximum absolute atomic E-state index is 12.6. The van der Waals surface area contributed by atoms with E-state index in [1.54, 1.807) is 0 Å². The van der Waals surface area contributed by atoms with Crippen LogP contribution in [0.3, 0.4) is 0 Å². The smallest absolute Gasteiger partial charge is 0.291 e. The van der Waals surface area contributed by atoms with Crippen molar-refractivity contribution in [2.45, 2.75) is 37.6 Å². The number of rotatable bonds is 7. The molecule has 3 N–H and O–H groups in total. The summed E-state index contributed by atoms with van der Waals surface area (Å²) in [7, 11) is -2.50. The first-order chi connectivity index (χ1) is 9.79. The minimum atomic E-state index is -3.94. The van der Waals surface area contributed by atoms with Crippen LogP contribution in [0.4, 0.5) is 11.4 Å².